The van der Waals surface area contributed by atoms with Gasteiger partial charge in [-0.25, -0.2) is 0 Å². The first-order chi connectivity index (χ1) is 12.4. The van der Waals surface area contributed by atoms with Gasteiger partial charge < -0.3 is 19.7 Å². The van der Waals surface area contributed by atoms with Crippen LogP contribution in [0.3, 0.4) is 0 Å². The summed E-state index contributed by atoms with van der Waals surface area (Å²) in [5, 5.41) is 2.95. The number of nitrogens with zero attached hydrogens (tertiary/aromatic N) is 1. The maximum absolute atomic E-state index is 12.2. The van der Waals surface area contributed by atoms with Gasteiger partial charge in [0.1, 0.15) is 11.5 Å². The van der Waals surface area contributed by atoms with Gasteiger partial charge >= 0.3 is 0 Å². The van der Waals surface area contributed by atoms with E-state index >= 15 is 0 Å². The van der Waals surface area contributed by atoms with Crippen LogP contribution in [0.1, 0.15) is 22.7 Å². The summed E-state index contributed by atoms with van der Waals surface area (Å²) in [6.45, 7) is 4.48. The molecule has 0 aliphatic rings. The summed E-state index contributed by atoms with van der Waals surface area (Å²) in [6.07, 6.45) is 0. The number of para-hydroxylation sites is 1. The van der Waals surface area contributed by atoms with Crippen LogP contribution in [0.15, 0.2) is 42.5 Å². The predicted octanol–water partition coefficient (Wildman–Crippen LogP) is 3.11. The number of likely N-dealkylation sites (N-methyl/N-ethyl adjacent to an activating group) is 1. The minimum atomic E-state index is -0.147. The Morgan fingerprint density at radius 3 is 2.50 bits per heavy atom. The van der Waals surface area contributed by atoms with Crippen molar-refractivity contribution in [3.8, 4) is 11.5 Å². The van der Waals surface area contributed by atoms with Gasteiger partial charge in [0.25, 0.3) is 5.91 Å². The summed E-state index contributed by atoms with van der Waals surface area (Å²) in [5.74, 6) is 1.40. The van der Waals surface area contributed by atoms with E-state index in [1.807, 2.05) is 70.4 Å². The van der Waals surface area contributed by atoms with Crippen LogP contribution in [0, 0.1) is 13.8 Å². The van der Waals surface area contributed by atoms with E-state index in [1.54, 1.807) is 7.11 Å². The Hall–Kier alpha value is -2.53. The summed E-state index contributed by atoms with van der Waals surface area (Å²) in [5.41, 5.74) is 3.23. The van der Waals surface area contributed by atoms with Gasteiger partial charge in [0, 0.05) is 12.1 Å². The van der Waals surface area contributed by atoms with Crippen LogP contribution in [-0.4, -0.2) is 45.2 Å². The zero-order valence-corrected chi connectivity index (χ0v) is 16.2. The molecule has 2 aromatic rings. The van der Waals surface area contributed by atoms with Crippen LogP contribution < -0.4 is 14.8 Å². The van der Waals surface area contributed by atoms with E-state index in [4.69, 9.17) is 9.47 Å². The molecular formula is C21H28N2O3. The molecule has 2 aromatic carbocycles. The summed E-state index contributed by atoms with van der Waals surface area (Å²) in [7, 11) is 5.62. The van der Waals surface area contributed by atoms with Crippen molar-refractivity contribution in [3.63, 3.8) is 0 Å². The maximum atomic E-state index is 12.2. The van der Waals surface area contributed by atoms with Crippen LogP contribution in [0.2, 0.25) is 0 Å². The van der Waals surface area contributed by atoms with Crippen molar-refractivity contribution in [1.82, 2.24) is 10.2 Å². The van der Waals surface area contributed by atoms with Gasteiger partial charge in [-0.15, -0.1) is 0 Å². The molecule has 26 heavy (non-hydrogen) atoms. The lowest BCUT2D eigenvalue weighted by Crippen LogP contribution is -2.37. The summed E-state index contributed by atoms with van der Waals surface area (Å²) < 4.78 is 11.1. The molecule has 0 aromatic heterocycles. The Kier molecular flexibility index (Phi) is 7.04. The molecule has 0 aliphatic heterocycles. The number of amides is 1. The second kappa shape index (κ2) is 9.25. The van der Waals surface area contributed by atoms with E-state index in [-0.39, 0.29) is 18.6 Å². The van der Waals surface area contributed by atoms with Crippen molar-refractivity contribution in [3.05, 3.63) is 59.2 Å². The van der Waals surface area contributed by atoms with Crippen LogP contribution in [0.5, 0.6) is 11.5 Å². The third-order valence-corrected chi connectivity index (χ3v) is 4.30. The Morgan fingerprint density at radius 1 is 1.12 bits per heavy atom. The third-order valence-electron chi connectivity index (χ3n) is 4.30. The molecule has 140 valence electrons. The van der Waals surface area contributed by atoms with Gasteiger partial charge in [0.05, 0.1) is 13.2 Å². The lowest BCUT2D eigenvalue weighted by Gasteiger charge is -2.26. The number of hydrogen-bond donors (Lipinski definition) is 1. The first kappa shape index (κ1) is 19.8. The van der Waals surface area contributed by atoms with E-state index < -0.39 is 0 Å². The first-order valence-corrected chi connectivity index (χ1v) is 8.68. The Bertz CT molecular complexity index is 744. The smallest absolute Gasteiger partial charge is 0.258 e. The zero-order valence-electron chi connectivity index (χ0n) is 16.2. The average Bonchev–Trinajstić information content (AvgIpc) is 2.61. The number of rotatable bonds is 8. The Balaban J connectivity index is 1.95. The molecule has 1 unspecified atom stereocenters. The molecule has 0 saturated carbocycles. The summed E-state index contributed by atoms with van der Waals surface area (Å²) >= 11 is 0. The Morgan fingerprint density at radius 2 is 1.85 bits per heavy atom. The highest BCUT2D eigenvalue weighted by atomic mass is 16.5. The highest BCUT2D eigenvalue weighted by Gasteiger charge is 2.19. The number of hydrogen-bond acceptors (Lipinski definition) is 4. The van der Waals surface area contributed by atoms with Crippen LogP contribution in [0.4, 0.5) is 0 Å². The zero-order chi connectivity index (χ0) is 19.1. The number of carbonyl (C=O) groups is 1. The highest BCUT2D eigenvalue weighted by molar-refractivity contribution is 5.77. The van der Waals surface area contributed by atoms with Gasteiger partial charge in [0.15, 0.2) is 6.61 Å². The molecule has 5 nitrogen and oxygen atoms in total. The summed E-state index contributed by atoms with van der Waals surface area (Å²) in [6, 6.07) is 13.8. The van der Waals surface area contributed by atoms with Crippen molar-refractivity contribution in [2.75, 3.05) is 34.4 Å². The second-order valence-electron chi connectivity index (χ2n) is 6.58. The summed E-state index contributed by atoms with van der Waals surface area (Å²) in [4.78, 5) is 14.3. The van der Waals surface area contributed by atoms with Gasteiger partial charge in [-0.2, -0.15) is 0 Å². The topological polar surface area (TPSA) is 50.8 Å². The molecule has 0 fully saturated rings. The molecule has 2 rings (SSSR count). The molecule has 0 aliphatic carbocycles. The second-order valence-corrected chi connectivity index (χ2v) is 6.58. The van der Waals surface area contributed by atoms with E-state index in [9.17, 15) is 4.79 Å². The average molecular weight is 356 g/mol. The maximum Gasteiger partial charge on any atom is 0.258 e. The van der Waals surface area contributed by atoms with E-state index in [0.29, 0.717) is 6.54 Å². The fourth-order valence-corrected chi connectivity index (χ4v) is 2.88. The van der Waals surface area contributed by atoms with E-state index in [1.165, 1.54) is 5.56 Å². The number of methoxy groups -OCH3 is 1. The molecule has 0 spiro atoms. The van der Waals surface area contributed by atoms with Crippen molar-refractivity contribution < 1.29 is 14.3 Å². The molecule has 1 N–H and O–H groups in total. The first-order valence-electron chi connectivity index (χ1n) is 8.68. The number of benzene rings is 2. The largest absolute Gasteiger partial charge is 0.496 e. The van der Waals surface area contributed by atoms with Gasteiger partial charge in [-0.05, 0) is 45.6 Å². The lowest BCUT2D eigenvalue weighted by molar-refractivity contribution is -0.123. The van der Waals surface area contributed by atoms with Crippen molar-refractivity contribution in [2.45, 2.75) is 19.9 Å². The fourth-order valence-electron chi connectivity index (χ4n) is 2.88. The highest BCUT2D eigenvalue weighted by Crippen LogP contribution is 2.27. The van der Waals surface area contributed by atoms with E-state index in [2.05, 4.69) is 10.2 Å². The van der Waals surface area contributed by atoms with Gasteiger partial charge in [-0.1, -0.05) is 35.9 Å². The van der Waals surface area contributed by atoms with Crippen LogP contribution in [-0.2, 0) is 4.79 Å². The predicted molar refractivity (Wildman–Crippen MR) is 104 cm³/mol. The number of carbonyl (C=O) groups excluding carboxylic acids is 1. The number of ether oxygens (including phenoxy) is 2. The van der Waals surface area contributed by atoms with Crippen molar-refractivity contribution in [1.29, 1.82) is 0 Å². The lowest BCUT2D eigenvalue weighted by atomic mass is 10.0. The monoisotopic (exact) mass is 356 g/mol. The van der Waals surface area contributed by atoms with Gasteiger partial charge in [-0.3, -0.25) is 4.79 Å². The molecule has 0 saturated heterocycles. The minimum Gasteiger partial charge on any atom is -0.496 e. The number of nitrogens with one attached hydrogen (secondary N) is 1. The molecule has 1 amide bonds. The molecule has 1 atom stereocenters. The Labute approximate surface area is 155 Å². The van der Waals surface area contributed by atoms with Crippen LogP contribution in [0.25, 0.3) is 0 Å². The SMILES string of the molecule is COc1ccccc1C(CNC(=O)COc1ccc(C)cc1C)N(C)C. The molecule has 0 heterocycles. The molecule has 5 heteroatoms. The minimum absolute atomic E-state index is 0.00399. The van der Waals surface area contributed by atoms with Crippen molar-refractivity contribution >= 4 is 5.91 Å². The third kappa shape index (κ3) is 5.23. The molecule has 0 bridgehead atoms. The fraction of sp³-hybridized carbons (Fsp3) is 0.381. The van der Waals surface area contributed by atoms with E-state index in [0.717, 1.165) is 22.6 Å². The normalized spacial score (nSPS) is 11.9. The number of aryl methyl sites for hydroxylation is 2. The standard InChI is InChI=1S/C21H28N2O3/c1-15-10-11-19(16(2)12-15)26-14-21(24)22-13-18(23(3)4)17-8-6-7-9-20(17)25-5/h6-12,18H,13-14H2,1-5H3,(H,22,24). The van der Waals surface area contributed by atoms with Gasteiger partial charge in [0.2, 0.25) is 0 Å². The molecule has 0 radical (unpaired) electrons. The molecular weight excluding hydrogens is 328 g/mol. The van der Waals surface area contributed by atoms with Crippen LogP contribution >= 0.6 is 0 Å². The quantitative estimate of drug-likeness (QED) is 0.790. The van der Waals surface area contributed by atoms with Crippen molar-refractivity contribution in [2.24, 2.45) is 0 Å².